The van der Waals surface area contributed by atoms with Gasteiger partial charge in [-0.2, -0.15) is 0 Å². The Labute approximate surface area is 142 Å². The molecular formula is C22H18OSi. The van der Waals surface area contributed by atoms with Gasteiger partial charge in [-0.15, -0.1) is 5.54 Å². The van der Waals surface area contributed by atoms with Gasteiger partial charge in [-0.1, -0.05) is 68.2 Å². The minimum atomic E-state index is -1.57. The van der Waals surface area contributed by atoms with E-state index in [1.54, 1.807) is 0 Å². The Morgan fingerprint density at radius 2 is 1.38 bits per heavy atom. The number of carbonyl (C=O) groups is 1. The number of hydrogen-bond donors (Lipinski definition) is 0. The summed E-state index contributed by atoms with van der Waals surface area (Å²) in [6.45, 7) is 6.45. The summed E-state index contributed by atoms with van der Waals surface area (Å²) >= 11 is 0. The predicted octanol–water partition coefficient (Wildman–Crippen LogP) is 5.65. The van der Waals surface area contributed by atoms with Crippen molar-refractivity contribution in [3.8, 4) is 11.5 Å². The monoisotopic (exact) mass is 326 g/mol. The number of Topliss-reactive ketones (excluding diaryl/α,β-unsaturated/α-hetero) is 1. The van der Waals surface area contributed by atoms with Crippen molar-refractivity contribution in [2.75, 3.05) is 0 Å². The van der Waals surface area contributed by atoms with Crippen LogP contribution in [0.5, 0.6) is 0 Å². The Bertz CT molecular complexity index is 1140. The zero-order chi connectivity index (χ0) is 16.9. The molecule has 1 nitrogen and oxygen atoms in total. The normalized spacial score (nSPS) is 11.8. The first-order valence-corrected chi connectivity index (χ1v) is 11.7. The van der Waals surface area contributed by atoms with Gasteiger partial charge in [0, 0.05) is 5.56 Å². The molecule has 116 valence electrons. The molecule has 0 bridgehead atoms. The molecule has 0 aliphatic carbocycles. The lowest BCUT2D eigenvalue weighted by Crippen LogP contribution is -2.17. The molecule has 0 amide bonds. The standard InChI is InChI=1S/C22H18OSi/c1-24(2,3)14-13-20(23)18-11-9-17-8-7-15-5-4-6-16-10-12-19(18)22(17)21(15)16/h4-12H,1-3H3. The summed E-state index contributed by atoms with van der Waals surface area (Å²) in [5, 5.41) is 7.01. The van der Waals surface area contributed by atoms with Gasteiger partial charge in [-0.3, -0.25) is 4.79 Å². The smallest absolute Gasteiger partial charge is 0.235 e. The summed E-state index contributed by atoms with van der Waals surface area (Å²) in [5.41, 5.74) is 3.90. The van der Waals surface area contributed by atoms with Crippen molar-refractivity contribution in [1.29, 1.82) is 0 Å². The zero-order valence-corrected chi connectivity index (χ0v) is 15.1. The van der Waals surface area contributed by atoms with E-state index in [0.29, 0.717) is 5.56 Å². The van der Waals surface area contributed by atoms with Crippen LogP contribution in [-0.2, 0) is 0 Å². The van der Waals surface area contributed by atoms with Crippen molar-refractivity contribution in [2.24, 2.45) is 0 Å². The van der Waals surface area contributed by atoms with Crippen molar-refractivity contribution in [3.63, 3.8) is 0 Å². The van der Waals surface area contributed by atoms with Crippen LogP contribution in [0, 0.1) is 11.5 Å². The summed E-state index contributed by atoms with van der Waals surface area (Å²) in [7, 11) is -1.57. The molecule has 0 saturated heterocycles. The first kappa shape index (κ1) is 14.9. The molecule has 4 aromatic carbocycles. The van der Waals surface area contributed by atoms with Crippen molar-refractivity contribution < 1.29 is 4.79 Å². The number of benzene rings is 4. The molecule has 0 radical (unpaired) electrons. The Balaban J connectivity index is 2.04. The van der Waals surface area contributed by atoms with E-state index < -0.39 is 8.07 Å². The molecule has 0 aromatic heterocycles. The van der Waals surface area contributed by atoms with Crippen LogP contribution >= 0.6 is 0 Å². The van der Waals surface area contributed by atoms with E-state index in [-0.39, 0.29) is 5.78 Å². The SMILES string of the molecule is C[Si](C)(C)C#CC(=O)c1ccc2ccc3cccc4ccc1c2c34. The fourth-order valence-electron chi connectivity index (χ4n) is 3.24. The van der Waals surface area contributed by atoms with Gasteiger partial charge >= 0.3 is 0 Å². The van der Waals surface area contributed by atoms with E-state index in [0.717, 1.165) is 5.39 Å². The predicted molar refractivity (Wildman–Crippen MR) is 106 cm³/mol. The number of carbonyl (C=O) groups excluding carboxylic acids is 1. The Hall–Kier alpha value is -2.63. The fraction of sp³-hybridized carbons (Fsp3) is 0.136. The summed E-state index contributed by atoms with van der Waals surface area (Å²) in [6, 6.07) is 18.7. The Morgan fingerprint density at radius 1 is 0.792 bits per heavy atom. The third-order valence-electron chi connectivity index (χ3n) is 4.32. The summed E-state index contributed by atoms with van der Waals surface area (Å²) in [4.78, 5) is 12.7. The maximum absolute atomic E-state index is 12.7. The summed E-state index contributed by atoms with van der Waals surface area (Å²) < 4.78 is 0. The maximum Gasteiger partial charge on any atom is 0.235 e. The van der Waals surface area contributed by atoms with Crippen molar-refractivity contribution in [2.45, 2.75) is 19.6 Å². The number of ketones is 1. The minimum absolute atomic E-state index is 0.0737. The van der Waals surface area contributed by atoms with E-state index in [2.05, 4.69) is 73.6 Å². The van der Waals surface area contributed by atoms with Gasteiger partial charge in [0.1, 0.15) is 8.07 Å². The van der Waals surface area contributed by atoms with E-state index in [9.17, 15) is 4.79 Å². The largest absolute Gasteiger partial charge is 0.279 e. The van der Waals surface area contributed by atoms with Crippen LogP contribution in [-0.4, -0.2) is 13.9 Å². The van der Waals surface area contributed by atoms with Crippen LogP contribution < -0.4 is 0 Å². The number of hydrogen-bond acceptors (Lipinski definition) is 1. The van der Waals surface area contributed by atoms with Gasteiger partial charge in [0.25, 0.3) is 0 Å². The van der Waals surface area contributed by atoms with Gasteiger partial charge < -0.3 is 0 Å². The highest BCUT2D eigenvalue weighted by atomic mass is 28.3. The molecule has 0 spiro atoms. The highest BCUT2D eigenvalue weighted by molar-refractivity contribution is 6.84. The van der Waals surface area contributed by atoms with E-state index >= 15 is 0 Å². The van der Waals surface area contributed by atoms with Crippen LogP contribution in [0.4, 0.5) is 0 Å². The fourth-order valence-corrected chi connectivity index (χ4v) is 3.73. The van der Waals surface area contributed by atoms with Gasteiger partial charge in [-0.05, 0) is 44.3 Å². The lowest BCUT2D eigenvalue weighted by Gasteiger charge is -2.12. The van der Waals surface area contributed by atoms with Crippen LogP contribution in [0.2, 0.25) is 19.6 Å². The third-order valence-corrected chi connectivity index (χ3v) is 5.20. The molecule has 0 atom stereocenters. The minimum Gasteiger partial charge on any atom is -0.279 e. The van der Waals surface area contributed by atoms with Crippen LogP contribution in [0.25, 0.3) is 32.3 Å². The van der Waals surface area contributed by atoms with Gasteiger partial charge in [0.05, 0.1) is 0 Å². The quantitative estimate of drug-likeness (QED) is 0.191. The molecule has 24 heavy (non-hydrogen) atoms. The molecule has 0 saturated carbocycles. The van der Waals surface area contributed by atoms with Crippen molar-refractivity contribution in [3.05, 3.63) is 60.2 Å². The van der Waals surface area contributed by atoms with E-state index in [4.69, 9.17) is 0 Å². The maximum atomic E-state index is 12.7. The molecule has 0 aliphatic rings. The second kappa shape index (κ2) is 5.19. The van der Waals surface area contributed by atoms with Crippen molar-refractivity contribution >= 4 is 46.2 Å². The zero-order valence-electron chi connectivity index (χ0n) is 14.1. The molecule has 2 heteroatoms. The van der Waals surface area contributed by atoms with Crippen LogP contribution in [0.1, 0.15) is 10.4 Å². The molecule has 0 fully saturated rings. The Kier molecular flexibility index (Phi) is 3.23. The molecule has 0 unspecified atom stereocenters. The molecule has 0 N–H and O–H groups in total. The topological polar surface area (TPSA) is 17.1 Å². The third kappa shape index (κ3) is 2.38. The molecule has 0 aliphatic heterocycles. The van der Waals surface area contributed by atoms with Gasteiger partial charge in [0.15, 0.2) is 0 Å². The lowest BCUT2D eigenvalue weighted by molar-refractivity contribution is 0.105. The van der Waals surface area contributed by atoms with Gasteiger partial charge in [-0.25, -0.2) is 0 Å². The number of rotatable bonds is 1. The van der Waals surface area contributed by atoms with Crippen molar-refractivity contribution in [1.82, 2.24) is 0 Å². The molecule has 4 aromatic rings. The molecular weight excluding hydrogens is 308 g/mol. The average molecular weight is 326 g/mol. The molecule has 0 heterocycles. The van der Waals surface area contributed by atoms with Gasteiger partial charge in [0.2, 0.25) is 5.78 Å². The highest BCUT2D eigenvalue weighted by Crippen LogP contribution is 2.35. The molecule has 4 rings (SSSR count). The van der Waals surface area contributed by atoms with Crippen LogP contribution in [0.3, 0.4) is 0 Å². The second-order valence-corrected chi connectivity index (χ2v) is 12.0. The average Bonchev–Trinajstić information content (AvgIpc) is 2.57. The summed E-state index contributed by atoms with van der Waals surface area (Å²) in [5.74, 6) is 2.81. The van der Waals surface area contributed by atoms with E-state index in [1.807, 2.05) is 12.1 Å². The van der Waals surface area contributed by atoms with E-state index in [1.165, 1.54) is 26.9 Å². The second-order valence-electron chi connectivity index (χ2n) is 7.30. The van der Waals surface area contributed by atoms with Crippen LogP contribution in [0.15, 0.2) is 54.6 Å². The Morgan fingerprint density at radius 3 is 2.04 bits per heavy atom. The summed E-state index contributed by atoms with van der Waals surface area (Å²) in [6.07, 6.45) is 0. The first-order chi connectivity index (χ1) is 11.4. The highest BCUT2D eigenvalue weighted by Gasteiger charge is 2.14. The first-order valence-electron chi connectivity index (χ1n) is 8.18. The lowest BCUT2D eigenvalue weighted by atomic mass is 9.91.